The molecule has 0 saturated heterocycles. The number of fused-ring (bicyclic) bond motifs is 1. The number of nitrogens with zero attached hydrogens (tertiary/aromatic N) is 2. The van der Waals surface area contributed by atoms with Crippen LogP contribution in [0.25, 0.3) is 22.0 Å². The highest BCUT2D eigenvalue weighted by Gasteiger charge is 2.10. The van der Waals surface area contributed by atoms with Crippen LogP contribution in [0.5, 0.6) is 0 Å². The highest BCUT2D eigenvalue weighted by Crippen LogP contribution is 2.31. The molecule has 1 heterocycles. The summed E-state index contributed by atoms with van der Waals surface area (Å²) in [7, 11) is 0. The van der Waals surface area contributed by atoms with Crippen LogP contribution in [0, 0.1) is 0 Å². The van der Waals surface area contributed by atoms with E-state index < -0.39 is 0 Å². The number of aromatic nitrogens is 2. The van der Waals surface area contributed by atoms with E-state index in [1.54, 1.807) is 11.8 Å². The molecule has 0 aliphatic heterocycles. The van der Waals surface area contributed by atoms with E-state index in [1.165, 1.54) is 0 Å². The van der Waals surface area contributed by atoms with Gasteiger partial charge in [-0.3, -0.25) is 0 Å². The molecule has 0 amide bonds. The molecule has 0 bridgehead atoms. The summed E-state index contributed by atoms with van der Waals surface area (Å²) in [6.07, 6.45) is 1.88. The number of benzene rings is 2. The monoisotopic (exact) mass is 278 g/mol. The van der Waals surface area contributed by atoms with Gasteiger partial charge in [0.1, 0.15) is 10.7 Å². The first kappa shape index (κ1) is 12.9. The molecule has 0 atom stereocenters. The second-order valence-electron chi connectivity index (χ2n) is 4.37. The van der Waals surface area contributed by atoms with Gasteiger partial charge in [-0.2, -0.15) is 0 Å². The molecule has 0 unspecified atom stereocenters. The fourth-order valence-corrected chi connectivity index (χ4v) is 2.84. The Balaban J connectivity index is 2.19. The van der Waals surface area contributed by atoms with Crippen LogP contribution in [0.4, 0.5) is 0 Å². The average molecular weight is 278 g/mol. The zero-order valence-electron chi connectivity index (χ0n) is 11.0. The van der Waals surface area contributed by atoms with Crippen molar-refractivity contribution >= 4 is 22.5 Å². The topological polar surface area (TPSA) is 25.8 Å². The molecule has 0 aliphatic rings. The van der Waals surface area contributed by atoms with Crippen molar-refractivity contribution in [2.45, 2.75) is 5.03 Å². The van der Waals surface area contributed by atoms with Crippen molar-refractivity contribution in [3.05, 3.63) is 67.3 Å². The van der Waals surface area contributed by atoms with E-state index in [0.29, 0.717) is 0 Å². The third-order valence-electron chi connectivity index (χ3n) is 3.04. The Morgan fingerprint density at radius 1 is 0.900 bits per heavy atom. The molecule has 3 aromatic rings. The van der Waals surface area contributed by atoms with Crippen LogP contribution in [-0.4, -0.2) is 16.0 Å². The van der Waals surface area contributed by atoms with E-state index in [4.69, 9.17) is 0 Å². The summed E-state index contributed by atoms with van der Waals surface area (Å²) >= 11 is 1.66. The van der Waals surface area contributed by atoms with Crippen molar-refractivity contribution < 1.29 is 0 Å². The van der Waals surface area contributed by atoms with Crippen LogP contribution in [-0.2, 0) is 0 Å². The van der Waals surface area contributed by atoms with Crippen LogP contribution in [0.2, 0.25) is 0 Å². The summed E-state index contributed by atoms with van der Waals surface area (Å²) in [5.41, 5.74) is 2.03. The third-order valence-corrected chi connectivity index (χ3v) is 4.02. The molecule has 3 heteroatoms. The highest BCUT2D eigenvalue weighted by molar-refractivity contribution is 7.99. The van der Waals surface area contributed by atoms with Gasteiger partial charge in [0.2, 0.25) is 0 Å². The maximum Gasteiger partial charge on any atom is 0.127 e. The maximum absolute atomic E-state index is 4.42. The molecule has 1 aromatic heterocycles. The maximum atomic E-state index is 4.42. The van der Waals surface area contributed by atoms with Gasteiger partial charge in [-0.1, -0.05) is 72.4 Å². The van der Waals surface area contributed by atoms with Crippen LogP contribution in [0.1, 0.15) is 0 Å². The Kier molecular flexibility index (Phi) is 3.79. The molecule has 0 saturated carbocycles. The molecule has 2 nitrogen and oxygen atoms in total. The van der Waals surface area contributed by atoms with Crippen molar-refractivity contribution in [1.82, 2.24) is 10.2 Å². The van der Waals surface area contributed by atoms with Gasteiger partial charge in [-0.25, -0.2) is 0 Å². The van der Waals surface area contributed by atoms with Crippen molar-refractivity contribution in [2.24, 2.45) is 0 Å². The van der Waals surface area contributed by atoms with Crippen LogP contribution >= 0.6 is 11.8 Å². The predicted octanol–water partition coefficient (Wildman–Crippen LogP) is 4.57. The second-order valence-corrected chi connectivity index (χ2v) is 5.37. The predicted molar refractivity (Wildman–Crippen MR) is 85.9 cm³/mol. The van der Waals surface area contributed by atoms with Gasteiger partial charge in [0, 0.05) is 22.1 Å². The summed E-state index contributed by atoms with van der Waals surface area (Å²) in [5, 5.41) is 12.1. The van der Waals surface area contributed by atoms with E-state index in [9.17, 15) is 0 Å². The van der Waals surface area contributed by atoms with Crippen molar-refractivity contribution in [2.75, 3.05) is 5.75 Å². The Hall–Kier alpha value is -2.13. The summed E-state index contributed by atoms with van der Waals surface area (Å²) in [6, 6.07) is 18.5. The zero-order chi connectivity index (χ0) is 13.8. The minimum absolute atomic E-state index is 0.837. The zero-order valence-corrected chi connectivity index (χ0v) is 11.8. The minimum atomic E-state index is 0.837. The van der Waals surface area contributed by atoms with Crippen molar-refractivity contribution in [3.8, 4) is 11.3 Å². The number of thioether (sulfide) groups is 1. The summed E-state index contributed by atoms with van der Waals surface area (Å²) in [5.74, 6) is 0.837. The molecule has 2 aromatic carbocycles. The van der Waals surface area contributed by atoms with Gasteiger partial charge in [0.05, 0.1) is 0 Å². The summed E-state index contributed by atoms with van der Waals surface area (Å²) in [4.78, 5) is 0. The quantitative estimate of drug-likeness (QED) is 0.516. The lowest BCUT2D eigenvalue weighted by molar-refractivity contribution is 0.962. The van der Waals surface area contributed by atoms with Gasteiger partial charge in [-0.05, 0) is 0 Å². The van der Waals surface area contributed by atoms with Crippen LogP contribution < -0.4 is 0 Å². The van der Waals surface area contributed by atoms with Gasteiger partial charge in [-0.15, -0.1) is 16.8 Å². The lowest BCUT2D eigenvalue weighted by Gasteiger charge is -2.08. The molecule has 20 heavy (non-hydrogen) atoms. The van der Waals surface area contributed by atoms with Crippen molar-refractivity contribution in [3.63, 3.8) is 0 Å². The largest absolute Gasteiger partial charge is 0.149 e. The fourth-order valence-electron chi connectivity index (χ4n) is 2.13. The lowest BCUT2D eigenvalue weighted by atomic mass is 10.1. The Bertz CT molecular complexity index is 738. The standard InChI is InChI=1S/C17H14N2S/c1-2-12-20-17-15-11-7-6-10-14(15)16(18-19-17)13-8-4-3-5-9-13/h2-11H,1,12H2. The highest BCUT2D eigenvalue weighted by atomic mass is 32.2. The smallest absolute Gasteiger partial charge is 0.127 e. The van der Waals surface area contributed by atoms with Gasteiger partial charge >= 0.3 is 0 Å². The third kappa shape index (κ3) is 2.45. The number of rotatable bonds is 4. The summed E-state index contributed by atoms with van der Waals surface area (Å²) < 4.78 is 0. The molecule has 3 rings (SSSR count). The van der Waals surface area contributed by atoms with Gasteiger partial charge in [0.25, 0.3) is 0 Å². The minimum Gasteiger partial charge on any atom is -0.149 e. The number of hydrogen-bond donors (Lipinski definition) is 0. The average Bonchev–Trinajstić information content (AvgIpc) is 2.53. The molecule has 0 spiro atoms. The molecular weight excluding hydrogens is 264 g/mol. The molecule has 0 aliphatic carbocycles. The van der Waals surface area contributed by atoms with E-state index in [2.05, 4.69) is 41.0 Å². The van der Waals surface area contributed by atoms with Gasteiger partial charge < -0.3 is 0 Å². The van der Waals surface area contributed by atoms with Crippen LogP contribution in [0.15, 0.2) is 72.3 Å². The SMILES string of the molecule is C=CCSc1nnc(-c2ccccc2)c2ccccc12. The van der Waals surface area contributed by atoms with Crippen molar-refractivity contribution in [1.29, 1.82) is 0 Å². The Morgan fingerprint density at radius 3 is 2.35 bits per heavy atom. The van der Waals surface area contributed by atoms with E-state index in [0.717, 1.165) is 32.8 Å². The van der Waals surface area contributed by atoms with E-state index in [-0.39, 0.29) is 0 Å². The van der Waals surface area contributed by atoms with Crippen LogP contribution in [0.3, 0.4) is 0 Å². The first-order valence-corrected chi connectivity index (χ1v) is 7.43. The lowest BCUT2D eigenvalue weighted by Crippen LogP contribution is -1.93. The normalized spacial score (nSPS) is 10.6. The molecule has 98 valence electrons. The van der Waals surface area contributed by atoms with E-state index in [1.807, 2.05) is 36.4 Å². The molecule has 0 N–H and O–H groups in total. The molecule has 0 fully saturated rings. The Labute approximate surface area is 122 Å². The van der Waals surface area contributed by atoms with E-state index >= 15 is 0 Å². The molecule has 0 radical (unpaired) electrons. The summed E-state index contributed by atoms with van der Waals surface area (Å²) in [6.45, 7) is 3.75. The first-order chi connectivity index (χ1) is 9.90. The number of hydrogen-bond acceptors (Lipinski definition) is 3. The first-order valence-electron chi connectivity index (χ1n) is 6.44. The Morgan fingerprint density at radius 2 is 1.60 bits per heavy atom. The second kappa shape index (κ2) is 5.88. The van der Waals surface area contributed by atoms with Gasteiger partial charge in [0.15, 0.2) is 0 Å². The fraction of sp³-hybridized carbons (Fsp3) is 0.0588. The molecular formula is C17H14N2S.